The van der Waals surface area contributed by atoms with E-state index in [1.807, 2.05) is 0 Å². The molecule has 1 N–H and O–H groups in total. The van der Waals surface area contributed by atoms with Crippen LogP contribution >= 0.6 is 0 Å². The van der Waals surface area contributed by atoms with Crippen LogP contribution in [0.25, 0.3) is 0 Å². The third-order valence-electron chi connectivity index (χ3n) is 5.04. The molecule has 0 radical (unpaired) electrons. The van der Waals surface area contributed by atoms with Gasteiger partial charge in [-0.1, -0.05) is 44.2 Å². The van der Waals surface area contributed by atoms with Gasteiger partial charge in [0.25, 0.3) is 0 Å². The Hall–Kier alpha value is -0.900. The lowest BCUT2D eigenvalue weighted by molar-refractivity contribution is 0.293. The van der Waals surface area contributed by atoms with E-state index >= 15 is 0 Å². The first-order valence-electron chi connectivity index (χ1n) is 8.43. The summed E-state index contributed by atoms with van der Waals surface area (Å²) in [6.45, 7) is 3.37. The van der Waals surface area contributed by atoms with Crippen LogP contribution < -0.4 is 5.32 Å². The molecule has 2 aliphatic rings. The van der Waals surface area contributed by atoms with E-state index in [4.69, 9.17) is 9.51 Å². The highest BCUT2D eigenvalue weighted by atomic mass is 16.5. The molecule has 2 heterocycles. The molecular formula is C16H27N3O. The number of aromatic nitrogens is 2. The molecule has 3 unspecified atom stereocenters. The van der Waals surface area contributed by atoms with Crippen molar-refractivity contribution in [2.45, 2.75) is 76.7 Å². The zero-order chi connectivity index (χ0) is 13.8. The Bertz CT molecular complexity index is 410. The second-order valence-corrected chi connectivity index (χ2v) is 6.48. The fourth-order valence-electron chi connectivity index (χ4n) is 3.69. The summed E-state index contributed by atoms with van der Waals surface area (Å²) in [7, 11) is 0. The molecule has 0 amide bonds. The standard InChI is InChI=1S/C16H27N3O/c1-2-12-7-6-8-13(11-12)15-18-16(20-19-15)14-9-4-3-5-10-17-14/h12-14,17H,2-11H2,1H3. The minimum Gasteiger partial charge on any atom is -0.338 e. The molecule has 1 aliphatic heterocycles. The maximum absolute atomic E-state index is 5.56. The second-order valence-electron chi connectivity index (χ2n) is 6.48. The Balaban J connectivity index is 1.66. The van der Waals surface area contributed by atoms with Crippen molar-refractivity contribution in [2.75, 3.05) is 6.54 Å². The molecule has 2 fully saturated rings. The maximum atomic E-state index is 5.56. The van der Waals surface area contributed by atoms with E-state index in [0.717, 1.165) is 30.6 Å². The molecule has 1 saturated carbocycles. The molecule has 1 saturated heterocycles. The van der Waals surface area contributed by atoms with Crippen LogP contribution in [0.15, 0.2) is 4.52 Å². The molecule has 1 aromatic rings. The van der Waals surface area contributed by atoms with Gasteiger partial charge in [0.15, 0.2) is 5.82 Å². The van der Waals surface area contributed by atoms with E-state index in [1.165, 1.54) is 51.4 Å². The van der Waals surface area contributed by atoms with Crippen molar-refractivity contribution in [3.63, 3.8) is 0 Å². The molecule has 0 bridgehead atoms. The predicted molar refractivity (Wildman–Crippen MR) is 78.5 cm³/mol. The Labute approximate surface area is 121 Å². The van der Waals surface area contributed by atoms with E-state index < -0.39 is 0 Å². The van der Waals surface area contributed by atoms with Gasteiger partial charge in [-0.2, -0.15) is 4.98 Å². The molecule has 3 rings (SSSR count). The topological polar surface area (TPSA) is 51.0 Å². The van der Waals surface area contributed by atoms with Crippen LogP contribution in [0, 0.1) is 5.92 Å². The smallest absolute Gasteiger partial charge is 0.243 e. The van der Waals surface area contributed by atoms with Gasteiger partial charge >= 0.3 is 0 Å². The van der Waals surface area contributed by atoms with Gasteiger partial charge in [-0.15, -0.1) is 0 Å². The molecule has 112 valence electrons. The molecule has 4 nitrogen and oxygen atoms in total. The molecule has 1 aliphatic carbocycles. The molecular weight excluding hydrogens is 250 g/mol. The molecule has 3 atom stereocenters. The zero-order valence-electron chi connectivity index (χ0n) is 12.6. The average Bonchev–Trinajstić information content (AvgIpc) is 2.83. The van der Waals surface area contributed by atoms with Crippen LogP contribution in [0.5, 0.6) is 0 Å². The predicted octanol–water partition coefficient (Wildman–Crippen LogP) is 3.96. The summed E-state index contributed by atoms with van der Waals surface area (Å²) >= 11 is 0. The molecule has 4 heteroatoms. The van der Waals surface area contributed by atoms with Crippen molar-refractivity contribution < 1.29 is 4.52 Å². The van der Waals surface area contributed by atoms with E-state index in [-0.39, 0.29) is 6.04 Å². The van der Waals surface area contributed by atoms with Crippen LogP contribution in [-0.4, -0.2) is 16.7 Å². The van der Waals surface area contributed by atoms with Crippen LogP contribution in [0.1, 0.15) is 88.4 Å². The molecule has 20 heavy (non-hydrogen) atoms. The minimum atomic E-state index is 0.282. The molecule has 0 spiro atoms. The SMILES string of the molecule is CCC1CCCC(c2noc(C3CCCCCN3)n2)C1. The first-order chi connectivity index (χ1) is 9.86. The van der Waals surface area contributed by atoms with Crippen LogP contribution in [-0.2, 0) is 0 Å². The van der Waals surface area contributed by atoms with Crippen LogP contribution in [0.4, 0.5) is 0 Å². The Morgan fingerprint density at radius 3 is 3.00 bits per heavy atom. The van der Waals surface area contributed by atoms with Crippen molar-refractivity contribution >= 4 is 0 Å². The van der Waals surface area contributed by atoms with E-state index in [0.29, 0.717) is 5.92 Å². The first-order valence-corrected chi connectivity index (χ1v) is 8.43. The van der Waals surface area contributed by atoms with Gasteiger partial charge in [0.05, 0.1) is 6.04 Å². The number of hydrogen-bond donors (Lipinski definition) is 1. The lowest BCUT2D eigenvalue weighted by Gasteiger charge is -2.26. The largest absolute Gasteiger partial charge is 0.338 e. The highest BCUT2D eigenvalue weighted by Crippen LogP contribution is 2.36. The summed E-state index contributed by atoms with van der Waals surface area (Å²) in [4.78, 5) is 4.73. The highest BCUT2D eigenvalue weighted by Gasteiger charge is 2.27. The van der Waals surface area contributed by atoms with Crippen LogP contribution in [0.2, 0.25) is 0 Å². The summed E-state index contributed by atoms with van der Waals surface area (Å²) in [5.41, 5.74) is 0. The Kier molecular flexibility index (Phi) is 4.71. The van der Waals surface area contributed by atoms with Gasteiger partial charge in [-0.25, -0.2) is 0 Å². The van der Waals surface area contributed by atoms with Gasteiger partial charge in [0.1, 0.15) is 0 Å². The number of hydrogen-bond acceptors (Lipinski definition) is 4. The lowest BCUT2D eigenvalue weighted by atomic mass is 9.80. The summed E-state index contributed by atoms with van der Waals surface area (Å²) in [6.07, 6.45) is 11.4. The van der Waals surface area contributed by atoms with Gasteiger partial charge in [-0.3, -0.25) is 0 Å². The number of nitrogens with zero attached hydrogens (tertiary/aromatic N) is 2. The molecule has 0 aromatic carbocycles. The average molecular weight is 277 g/mol. The Morgan fingerprint density at radius 2 is 2.10 bits per heavy atom. The van der Waals surface area contributed by atoms with Crippen molar-refractivity contribution in [2.24, 2.45) is 5.92 Å². The monoisotopic (exact) mass is 277 g/mol. The maximum Gasteiger partial charge on any atom is 0.243 e. The van der Waals surface area contributed by atoms with Crippen LogP contribution in [0.3, 0.4) is 0 Å². The van der Waals surface area contributed by atoms with Crippen molar-refractivity contribution in [3.05, 3.63) is 11.7 Å². The summed E-state index contributed by atoms with van der Waals surface area (Å²) in [6, 6.07) is 0.282. The zero-order valence-corrected chi connectivity index (χ0v) is 12.6. The van der Waals surface area contributed by atoms with Crippen molar-refractivity contribution in [1.29, 1.82) is 0 Å². The quantitative estimate of drug-likeness (QED) is 0.908. The summed E-state index contributed by atoms with van der Waals surface area (Å²) in [5, 5.41) is 7.83. The van der Waals surface area contributed by atoms with Gasteiger partial charge in [-0.05, 0) is 38.1 Å². The van der Waals surface area contributed by atoms with Crippen molar-refractivity contribution in [3.8, 4) is 0 Å². The third kappa shape index (κ3) is 3.22. The van der Waals surface area contributed by atoms with E-state index in [1.54, 1.807) is 0 Å². The van der Waals surface area contributed by atoms with Gasteiger partial charge < -0.3 is 9.84 Å². The fourth-order valence-corrected chi connectivity index (χ4v) is 3.69. The summed E-state index contributed by atoms with van der Waals surface area (Å²) in [5.74, 6) is 3.16. The Morgan fingerprint density at radius 1 is 1.15 bits per heavy atom. The summed E-state index contributed by atoms with van der Waals surface area (Å²) < 4.78 is 5.56. The van der Waals surface area contributed by atoms with E-state index in [2.05, 4.69) is 17.4 Å². The van der Waals surface area contributed by atoms with Gasteiger partial charge in [0, 0.05) is 5.92 Å². The second kappa shape index (κ2) is 6.70. The lowest BCUT2D eigenvalue weighted by Crippen LogP contribution is -2.20. The van der Waals surface area contributed by atoms with Gasteiger partial charge in [0.2, 0.25) is 5.89 Å². The number of nitrogens with one attached hydrogen (secondary N) is 1. The van der Waals surface area contributed by atoms with E-state index in [9.17, 15) is 0 Å². The van der Waals surface area contributed by atoms with Crippen molar-refractivity contribution in [1.82, 2.24) is 15.5 Å². The minimum absolute atomic E-state index is 0.282. The molecule has 1 aromatic heterocycles. The fraction of sp³-hybridized carbons (Fsp3) is 0.875. The first kappa shape index (κ1) is 14.1. The third-order valence-corrected chi connectivity index (χ3v) is 5.04. The highest BCUT2D eigenvalue weighted by molar-refractivity contribution is 5.01. The number of rotatable bonds is 3. The normalized spacial score (nSPS) is 31.9.